The smallest absolute Gasteiger partial charge is 0.0836 e. The van der Waals surface area contributed by atoms with Crippen molar-refractivity contribution >= 4 is 11.6 Å². The van der Waals surface area contributed by atoms with Crippen LogP contribution in [0.2, 0.25) is 5.02 Å². The maximum Gasteiger partial charge on any atom is 0.0836 e. The van der Waals surface area contributed by atoms with E-state index in [-0.39, 0.29) is 5.41 Å². The lowest BCUT2D eigenvalue weighted by Crippen LogP contribution is -2.00. The van der Waals surface area contributed by atoms with Crippen molar-refractivity contribution in [3.05, 3.63) is 47.3 Å². The van der Waals surface area contributed by atoms with Gasteiger partial charge in [-0.25, -0.2) is 4.39 Å². The maximum atomic E-state index is 12.1. The van der Waals surface area contributed by atoms with Gasteiger partial charge in [0, 0.05) is 10.4 Å². The van der Waals surface area contributed by atoms with Crippen molar-refractivity contribution in [3.8, 4) is 0 Å². The molecule has 1 saturated carbocycles. The third-order valence-electron chi connectivity index (χ3n) is 2.59. The van der Waals surface area contributed by atoms with Crippen LogP contribution in [-0.2, 0) is 5.41 Å². The summed E-state index contributed by atoms with van der Waals surface area (Å²) in [7, 11) is 0. The van der Waals surface area contributed by atoms with Crippen LogP contribution in [0.25, 0.3) is 0 Å². The molecule has 2 heteroatoms. The molecule has 0 N–H and O–H groups in total. The highest BCUT2D eigenvalue weighted by Gasteiger charge is 2.41. The van der Waals surface area contributed by atoms with E-state index < -0.39 is 0 Å². The molecule has 0 unspecified atom stereocenters. The van der Waals surface area contributed by atoms with Gasteiger partial charge in [0.25, 0.3) is 0 Å². The summed E-state index contributed by atoms with van der Waals surface area (Å²) in [5.41, 5.74) is 1.13. The largest absolute Gasteiger partial charge is 0.216 e. The lowest BCUT2D eigenvalue weighted by molar-refractivity contribution is 0.702. The minimum Gasteiger partial charge on any atom is -0.216 e. The van der Waals surface area contributed by atoms with Crippen molar-refractivity contribution in [1.82, 2.24) is 0 Å². The van der Waals surface area contributed by atoms with Gasteiger partial charge >= 0.3 is 0 Å². The van der Waals surface area contributed by atoms with E-state index in [4.69, 9.17) is 11.6 Å². The molecule has 1 fully saturated rings. The molecule has 68 valence electrons. The van der Waals surface area contributed by atoms with Gasteiger partial charge in [-0.1, -0.05) is 23.7 Å². The molecular weight excluding hydrogens is 187 g/mol. The van der Waals surface area contributed by atoms with Crippen LogP contribution in [0.15, 0.2) is 36.7 Å². The number of rotatable bonds is 2. The number of hydrogen-bond acceptors (Lipinski definition) is 0. The summed E-state index contributed by atoms with van der Waals surface area (Å²) in [5, 5.41) is 0.726. The molecule has 0 heterocycles. The van der Waals surface area contributed by atoms with E-state index in [2.05, 4.69) is 0 Å². The highest BCUT2D eigenvalue weighted by atomic mass is 35.5. The average molecular weight is 197 g/mol. The molecule has 0 spiro atoms. The number of allylic oxidation sites excluding steroid dienone is 1. The van der Waals surface area contributed by atoms with Crippen molar-refractivity contribution in [2.45, 2.75) is 18.3 Å². The van der Waals surface area contributed by atoms with Crippen LogP contribution in [0.4, 0.5) is 4.39 Å². The van der Waals surface area contributed by atoms with Gasteiger partial charge in [-0.2, -0.15) is 0 Å². The average Bonchev–Trinajstić information content (AvgIpc) is 2.87. The summed E-state index contributed by atoms with van der Waals surface area (Å²) in [6, 6.07) is 7.64. The molecule has 0 bridgehead atoms. The van der Waals surface area contributed by atoms with Crippen molar-refractivity contribution in [3.63, 3.8) is 0 Å². The second kappa shape index (κ2) is 3.15. The number of hydrogen-bond donors (Lipinski definition) is 0. The molecule has 1 aliphatic carbocycles. The fraction of sp³-hybridized carbons (Fsp3) is 0.273. The molecule has 0 aliphatic heterocycles. The summed E-state index contributed by atoms with van der Waals surface area (Å²) >= 11 is 5.77. The van der Waals surface area contributed by atoms with E-state index in [1.165, 1.54) is 0 Å². The first-order chi connectivity index (χ1) is 6.27. The quantitative estimate of drug-likeness (QED) is 0.674. The van der Waals surface area contributed by atoms with Crippen LogP contribution in [0.1, 0.15) is 18.4 Å². The van der Waals surface area contributed by atoms with Crippen LogP contribution in [0.5, 0.6) is 0 Å². The van der Waals surface area contributed by atoms with Crippen LogP contribution in [0.3, 0.4) is 0 Å². The van der Waals surface area contributed by atoms with Crippen molar-refractivity contribution in [2.75, 3.05) is 0 Å². The first kappa shape index (κ1) is 8.76. The van der Waals surface area contributed by atoms with Gasteiger partial charge in [-0.3, -0.25) is 0 Å². The van der Waals surface area contributed by atoms with Gasteiger partial charge in [-0.15, -0.1) is 0 Å². The SMILES string of the molecule is FC=CC1(c2ccc(Cl)cc2)CC1. The van der Waals surface area contributed by atoms with E-state index in [1.807, 2.05) is 24.3 Å². The minimum atomic E-state index is -0.0284. The molecule has 1 aliphatic rings. The van der Waals surface area contributed by atoms with Gasteiger partial charge in [0.05, 0.1) is 6.33 Å². The summed E-state index contributed by atoms with van der Waals surface area (Å²) in [4.78, 5) is 0. The number of halogens is 2. The number of benzene rings is 1. The molecular formula is C11H10ClF. The Morgan fingerprint density at radius 3 is 2.31 bits per heavy atom. The van der Waals surface area contributed by atoms with Gasteiger partial charge in [-0.05, 0) is 36.6 Å². The predicted molar refractivity (Wildman–Crippen MR) is 52.6 cm³/mol. The van der Waals surface area contributed by atoms with Gasteiger partial charge in [0.2, 0.25) is 0 Å². The third-order valence-corrected chi connectivity index (χ3v) is 2.84. The maximum absolute atomic E-state index is 12.1. The molecule has 0 radical (unpaired) electrons. The van der Waals surface area contributed by atoms with E-state index in [9.17, 15) is 4.39 Å². The van der Waals surface area contributed by atoms with Gasteiger partial charge in [0.1, 0.15) is 0 Å². The highest BCUT2D eigenvalue weighted by molar-refractivity contribution is 6.30. The Balaban J connectivity index is 2.30. The molecule has 2 rings (SSSR count). The highest BCUT2D eigenvalue weighted by Crippen LogP contribution is 2.49. The van der Waals surface area contributed by atoms with Crippen molar-refractivity contribution in [1.29, 1.82) is 0 Å². The molecule has 0 nitrogen and oxygen atoms in total. The second-order valence-corrected chi connectivity index (χ2v) is 3.89. The first-order valence-electron chi connectivity index (χ1n) is 4.31. The van der Waals surface area contributed by atoms with Crippen LogP contribution in [-0.4, -0.2) is 0 Å². The lowest BCUT2D eigenvalue weighted by atomic mass is 9.96. The monoisotopic (exact) mass is 196 g/mol. The molecule has 0 atom stereocenters. The Bertz CT molecular complexity index is 322. The Kier molecular flexibility index (Phi) is 2.12. The van der Waals surface area contributed by atoms with E-state index in [0.717, 1.165) is 23.4 Å². The second-order valence-electron chi connectivity index (χ2n) is 3.46. The molecule has 0 saturated heterocycles. The zero-order valence-corrected chi connectivity index (χ0v) is 7.89. The Labute approximate surface area is 82.0 Å². The topological polar surface area (TPSA) is 0 Å². The van der Waals surface area contributed by atoms with E-state index in [0.29, 0.717) is 6.33 Å². The summed E-state index contributed by atoms with van der Waals surface area (Å²) in [6.45, 7) is 0. The third kappa shape index (κ3) is 1.61. The van der Waals surface area contributed by atoms with Crippen LogP contribution < -0.4 is 0 Å². The molecule has 0 aromatic heterocycles. The van der Waals surface area contributed by atoms with Crippen LogP contribution in [0, 0.1) is 0 Å². The molecule has 0 amide bonds. The molecule has 1 aromatic rings. The van der Waals surface area contributed by atoms with Crippen LogP contribution >= 0.6 is 11.6 Å². The zero-order valence-electron chi connectivity index (χ0n) is 7.13. The van der Waals surface area contributed by atoms with Crippen molar-refractivity contribution < 1.29 is 4.39 Å². The fourth-order valence-electron chi connectivity index (χ4n) is 1.59. The predicted octanol–water partition coefficient (Wildman–Crippen LogP) is 3.85. The standard InChI is InChI=1S/C11H10ClF/c12-10-3-1-9(2-4-10)11(5-6-11)7-8-13/h1-4,7-8H,5-6H2. The summed E-state index contributed by atoms with van der Waals surface area (Å²) in [6.07, 6.45) is 4.35. The van der Waals surface area contributed by atoms with Gasteiger partial charge < -0.3 is 0 Å². The fourth-order valence-corrected chi connectivity index (χ4v) is 1.71. The van der Waals surface area contributed by atoms with E-state index in [1.54, 1.807) is 6.08 Å². The summed E-state index contributed by atoms with van der Waals surface area (Å²) < 4.78 is 12.1. The molecule has 1 aromatic carbocycles. The first-order valence-corrected chi connectivity index (χ1v) is 4.69. The van der Waals surface area contributed by atoms with Gasteiger partial charge in [0.15, 0.2) is 0 Å². The molecule has 13 heavy (non-hydrogen) atoms. The van der Waals surface area contributed by atoms with E-state index >= 15 is 0 Å². The minimum absolute atomic E-state index is 0.0284. The van der Waals surface area contributed by atoms with Crippen molar-refractivity contribution in [2.24, 2.45) is 0 Å². The Morgan fingerprint density at radius 2 is 1.85 bits per heavy atom. The Hall–Kier alpha value is -0.820. The Morgan fingerprint density at radius 1 is 1.23 bits per heavy atom. The summed E-state index contributed by atoms with van der Waals surface area (Å²) in [5.74, 6) is 0. The normalized spacial score (nSPS) is 19.2. The lowest BCUT2D eigenvalue weighted by Gasteiger charge is -2.08. The zero-order chi connectivity index (χ0) is 9.31.